The molecule has 2 heterocycles. The predicted molar refractivity (Wildman–Crippen MR) is 173 cm³/mol. The summed E-state index contributed by atoms with van der Waals surface area (Å²) in [5, 5.41) is 83.1. The Bertz CT molecular complexity index is 1250. The van der Waals surface area contributed by atoms with Crippen LogP contribution in [0.4, 0.5) is 0 Å². The number of ketones is 2. The number of hydrogen-bond acceptors (Lipinski definition) is 13. The first-order valence-electron chi connectivity index (χ1n) is 17.9. The summed E-state index contributed by atoms with van der Waals surface area (Å²) in [6, 6.07) is 0. The van der Waals surface area contributed by atoms with Crippen molar-refractivity contribution in [3.05, 3.63) is 0 Å². The van der Waals surface area contributed by atoms with Crippen molar-refractivity contribution in [3.8, 4) is 0 Å². The molecule has 5 rings (SSSR count). The molecule has 0 bridgehead atoms. The van der Waals surface area contributed by atoms with Crippen molar-refractivity contribution in [2.75, 3.05) is 40.5 Å². The summed E-state index contributed by atoms with van der Waals surface area (Å²) >= 11 is 0. The van der Waals surface area contributed by atoms with Gasteiger partial charge < -0.3 is 55.3 Å². The summed E-state index contributed by atoms with van der Waals surface area (Å²) in [5.74, 6) is -8.70. The van der Waals surface area contributed by atoms with Crippen molar-refractivity contribution in [3.63, 3.8) is 0 Å². The Morgan fingerprint density at radius 2 is 1.76 bits per heavy atom. The van der Waals surface area contributed by atoms with E-state index >= 15 is 0 Å². The molecular weight excluding hydrogens is 658 g/mol. The smallest absolute Gasteiger partial charge is 0.340 e. The molecule has 50 heavy (non-hydrogen) atoms. The van der Waals surface area contributed by atoms with E-state index in [4.69, 9.17) is 25.7 Å². The van der Waals surface area contributed by atoms with E-state index in [0.717, 1.165) is 13.0 Å². The van der Waals surface area contributed by atoms with Gasteiger partial charge in [-0.25, -0.2) is 0 Å². The van der Waals surface area contributed by atoms with E-state index in [1.165, 1.54) is 7.11 Å². The van der Waals surface area contributed by atoms with E-state index in [1.54, 1.807) is 7.05 Å². The number of piperidine rings is 1. The van der Waals surface area contributed by atoms with E-state index in [2.05, 4.69) is 10.3 Å². The lowest BCUT2D eigenvalue weighted by Gasteiger charge is -2.56. The number of guanidine groups is 1. The minimum atomic E-state index is -2.78. The maximum atomic E-state index is 14.5. The molecule has 0 aromatic heterocycles. The monoisotopic (exact) mass is 717 g/mol. The number of aliphatic hydroxyl groups is 7. The van der Waals surface area contributed by atoms with Gasteiger partial charge in [-0.2, -0.15) is 0 Å². The third kappa shape index (κ3) is 6.97. The zero-order valence-corrected chi connectivity index (χ0v) is 29.1. The van der Waals surface area contributed by atoms with Crippen molar-refractivity contribution >= 4 is 17.5 Å². The highest BCUT2D eigenvalue weighted by molar-refractivity contribution is 6.01. The van der Waals surface area contributed by atoms with Gasteiger partial charge in [0, 0.05) is 50.2 Å². The maximum Gasteiger partial charge on any atom is 0.340 e. The molecule has 17 nitrogen and oxygen atoms in total. The molecule has 3 aliphatic carbocycles. The van der Waals surface area contributed by atoms with Crippen LogP contribution in [0.3, 0.4) is 0 Å². The van der Waals surface area contributed by atoms with Crippen LogP contribution in [0.5, 0.6) is 0 Å². The molecule has 17 atom stereocenters. The molecule has 5 aliphatic rings. The van der Waals surface area contributed by atoms with Gasteiger partial charge in [-0.15, -0.1) is 0 Å². The first-order valence-corrected chi connectivity index (χ1v) is 17.9. The molecule has 17 heteroatoms. The lowest BCUT2D eigenvalue weighted by Crippen LogP contribution is -2.94. The molecule has 0 amide bonds. The Hall–Kier alpha value is -1.87. The summed E-state index contributed by atoms with van der Waals surface area (Å²) in [6.07, 6.45) is -7.37. The van der Waals surface area contributed by atoms with Crippen LogP contribution in [-0.4, -0.2) is 148 Å². The number of Topliss-reactive ketones (excluding diaryl/α,β-unsaturated/α-hetero) is 2. The van der Waals surface area contributed by atoms with Crippen LogP contribution in [0, 0.1) is 47.3 Å². The number of quaternary nitrogens is 1. The van der Waals surface area contributed by atoms with E-state index < -0.39 is 103 Å². The van der Waals surface area contributed by atoms with Crippen LogP contribution in [0.15, 0.2) is 0 Å². The molecule has 0 radical (unpaired) electrons. The number of carbonyl (C=O) groups is 2. The Morgan fingerprint density at radius 3 is 2.38 bits per heavy atom. The number of carbonyl (C=O) groups excluding carboxylic acids is 2. The number of nitrogens with two attached hydrogens (primary N) is 3. The summed E-state index contributed by atoms with van der Waals surface area (Å²) in [4.78, 5) is 31.6. The summed E-state index contributed by atoms with van der Waals surface area (Å²) in [7, 11) is 3.04. The first kappa shape index (κ1) is 39.3. The average molecular weight is 718 g/mol. The third-order valence-electron chi connectivity index (χ3n) is 12.6. The minimum absolute atomic E-state index is 0.0477. The molecule has 286 valence electrons. The highest BCUT2D eigenvalue weighted by Gasteiger charge is 2.66. The fraction of sp³-hybridized carbons (Fsp3) is 0.909. The van der Waals surface area contributed by atoms with Gasteiger partial charge in [0.25, 0.3) is 0 Å². The van der Waals surface area contributed by atoms with Crippen molar-refractivity contribution in [1.82, 2.24) is 5.32 Å². The van der Waals surface area contributed by atoms with Crippen LogP contribution in [0.25, 0.3) is 0 Å². The van der Waals surface area contributed by atoms with Gasteiger partial charge in [-0.3, -0.25) is 31.4 Å². The second kappa shape index (κ2) is 15.6. The van der Waals surface area contributed by atoms with Crippen molar-refractivity contribution in [2.45, 2.75) is 99.8 Å². The number of aliphatic hydroxyl groups excluding tert-OH is 5. The molecule has 0 aromatic carbocycles. The van der Waals surface area contributed by atoms with Gasteiger partial charge in [0.05, 0.1) is 50.3 Å². The summed E-state index contributed by atoms with van der Waals surface area (Å²) < 4.78 is 17.6. The second-order valence-electron chi connectivity index (χ2n) is 15.3. The minimum Gasteiger partial charge on any atom is -0.396 e. The summed E-state index contributed by atoms with van der Waals surface area (Å²) in [6.45, 7) is 1.29. The molecule has 12 unspecified atom stereocenters. The molecule has 5 fully saturated rings. The van der Waals surface area contributed by atoms with Gasteiger partial charge >= 0.3 is 5.96 Å². The van der Waals surface area contributed by atoms with Crippen molar-refractivity contribution < 1.29 is 69.9 Å². The Balaban J connectivity index is 1.41. The molecule has 3 saturated carbocycles. The maximum absolute atomic E-state index is 14.5. The predicted octanol–water partition coefficient (Wildman–Crippen LogP) is -6.82. The number of methoxy groups -OCH3 is 1. The van der Waals surface area contributed by atoms with Gasteiger partial charge in [0.2, 0.25) is 5.79 Å². The SMILES string of the molecule is C[NH+]=C(N)NCC1C(C)CC2C(=O)C3C(CO)C(OC)CC(O[C@H]4O[C@](O)(CO)[C@](O)(CCC5CC[NH2+]C(N)C5)[C@H](O)[C@H]4O)C3C(=O)C2C1O. The second-order valence-corrected chi connectivity index (χ2v) is 15.3. The van der Waals surface area contributed by atoms with Crippen LogP contribution in [0.2, 0.25) is 0 Å². The van der Waals surface area contributed by atoms with Gasteiger partial charge in [-0.1, -0.05) is 6.92 Å². The standard InChI is InChI=1S/C33H57N5O12/c1-14-8-16-23(26(42)17(14)11-38-31(35)36-2)27(43)24-20(10-19(48-3)18(12-39)22(24)25(16)41)49-30-28(44)29(45)32(46,33(47,13-40)50-30)6-4-15-5-7-37-21(34)9-15/h14-24,26,28-30,37,39-40,42,44-47H,4-13,34H2,1-3H3,(H3,35,36,38)/p+2/t14?,15?,16?,17?,18?,19?,20?,21?,22?,23?,24?,26?,28-,29-,30+,32+,33-/m1/s1. The van der Waals surface area contributed by atoms with Crippen molar-refractivity contribution in [2.24, 2.45) is 58.8 Å². The number of ether oxygens (including phenoxy) is 3. The fourth-order valence-corrected chi connectivity index (χ4v) is 9.66. The van der Waals surface area contributed by atoms with Gasteiger partial charge in [-0.05, 0) is 37.5 Å². The zero-order chi connectivity index (χ0) is 36.7. The number of rotatable bonds is 10. The largest absolute Gasteiger partial charge is 0.396 e. The van der Waals surface area contributed by atoms with E-state index in [9.17, 15) is 45.3 Å². The molecule has 0 aromatic rings. The number of nitrogens with one attached hydrogen (secondary N) is 2. The zero-order valence-electron chi connectivity index (χ0n) is 29.1. The fourth-order valence-electron chi connectivity index (χ4n) is 9.66. The van der Waals surface area contributed by atoms with E-state index in [0.29, 0.717) is 19.3 Å². The molecule has 0 spiro atoms. The van der Waals surface area contributed by atoms with Gasteiger partial charge in [0.15, 0.2) is 6.29 Å². The van der Waals surface area contributed by atoms with E-state index in [1.807, 2.05) is 12.2 Å². The highest BCUT2D eigenvalue weighted by Crippen LogP contribution is 2.52. The highest BCUT2D eigenvalue weighted by atomic mass is 16.8. The summed E-state index contributed by atoms with van der Waals surface area (Å²) in [5.41, 5.74) is 9.43. The lowest BCUT2D eigenvalue weighted by atomic mass is 9.51. The number of fused-ring (bicyclic) bond motifs is 2. The normalized spacial score (nSPS) is 48.5. The topological polar surface area (TPSA) is 298 Å². The van der Waals surface area contributed by atoms with Crippen molar-refractivity contribution in [1.29, 1.82) is 0 Å². The molecule has 15 N–H and O–H groups in total. The Kier molecular flexibility index (Phi) is 12.3. The Morgan fingerprint density at radius 1 is 1.04 bits per heavy atom. The molecular formula is C33H59N5O12+2. The molecule has 2 saturated heterocycles. The first-order chi connectivity index (χ1) is 23.7. The van der Waals surface area contributed by atoms with Crippen LogP contribution in [0.1, 0.15) is 45.4 Å². The lowest BCUT2D eigenvalue weighted by molar-refractivity contribution is -0.699. The average Bonchev–Trinajstić information content (AvgIpc) is 3.10. The van der Waals surface area contributed by atoms with Crippen LogP contribution < -0.4 is 27.1 Å². The van der Waals surface area contributed by atoms with Gasteiger partial charge in [0.1, 0.15) is 42.1 Å². The van der Waals surface area contributed by atoms with Crippen LogP contribution in [-0.2, 0) is 23.8 Å². The third-order valence-corrected chi connectivity index (χ3v) is 12.6. The van der Waals surface area contributed by atoms with E-state index in [-0.39, 0.29) is 49.1 Å². The van der Waals surface area contributed by atoms with Crippen LogP contribution >= 0.6 is 0 Å². The molecule has 2 aliphatic heterocycles. The quantitative estimate of drug-likeness (QED) is 0.0739. The number of hydrogen-bond donors (Lipinski definition) is 12. The Labute approximate surface area is 291 Å².